The molecule has 6 nitrogen and oxygen atoms in total. The summed E-state index contributed by atoms with van der Waals surface area (Å²) < 4.78 is 10.2. The van der Waals surface area contributed by atoms with Crippen molar-refractivity contribution < 1.29 is 19.1 Å². The lowest BCUT2D eigenvalue weighted by molar-refractivity contribution is -0.165. The molecule has 1 aromatic rings. The Morgan fingerprint density at radius 3 is 2.71 bits per heavy atom. The van der Waals surface area contributed by atoms with Crippen LogP contribution in [0.5, 0.6) is 5.75 Å². The molecule has 2 rings (SSSR count). The number of nitrogens with zero attached hydrogens (tertiary/aromatic N) is 1. The Labute approximate surface area is 123 Å². The molecule has 1 heterocycles. The molecule has 0 aliphatic carbocycles. The zero-order chi connectivity index (χ0) is 15.6. The molecule has 1 aliphatic rings. The van der Waals surface area contributed by atoms with Gasteiger partial charge in [-0.2, -0.15) is 0 Å². The third-order valence-corrected chi connectivity index (χ3v) is 3.60. The van der Waals surface area contributed by atoms with E-state index in [1.165, 1.54) is 7.11 Å². The highest BCUT2D eigenvalue weighted by Crippen LogP contribution is 2.33. The van der Waals surface area contributed by atoms with Crippen molar-refractivity contribution in [2.75, 3.05) is 20.8 Å². The third-order valence-electron chi connectivity index (χ3n) is 3.60. The van der Waals surface area contributed by atoms with Gasteiger partial charge in [0.1, 0.15) is 5.75 Å². The first kappa shape index (κ1) is 15.3. The average molecular weight is 292 g/mol. The minimum Gasteiger partial charge on any atom is -0.496 e. The highest BCUT2D eigenvalue weighted by atomic mass is 16.7. The van der Waals surface area contributed by atoms with Gasteiger partial charge in [0.2, 0.25) is 0 Å². The summed E-state index contributed by atoms with van der Waals surface area (Å²) in [5.74, 6) is 0.202. The Hall–Kier alpha value is -2.08. The van der Waals surface area contributed by atoms with Crippen molar-refractivity contribution >= 4 is 11.7 Å². The lowest BCUT2D eigenvalue weighted by atomic mass is 9.92. The number of methoxy groups -OCH3 is 2. The van der Waals surface area contributed by atoms with Gasteiger partial charge < -0.3 is 20.0 Å². The Balaban J connectivity index is 2.40. The van der Waals surface area contributed by atoms with Crippen LogP contribution in [0.25, 0.3) is 0 Å². The second-order valence-electron chi connectivity index (χ2n) is 5.16. The van der Waals surface area contributed by atoms with Gasteiger partial charge >= 0.3 is 5.97 Å². The molecule has 0 fully saturated rings. The molecule has 0 spiro atoms. The Morgan fingerprint density at radius 1 is 1.43 bits per heavy atom. The number of oxime groups is 1. The fourth-order valence-corrected chi connectivity index (χ4v) is 2.55. The minimum absolute atomic E-state index is 0.000212. The fraction of sp³-hybridized carbons (Fsp3) is 0.467. The number of nitrogens with two attached hydrogens (primary N) is 1. The molecule has 1 aliphatic heterocycles. The van der Waals surface area contributed by atoms with E-state index >= 15 is 0 Å². The molecule has 6 heteroatoms. The standard InChI is InChI=1S/C15H20N2O4/c1-9-5-10(2)13(19-3)11(6-9)12-7-15(8-16,21-17-12)14(18)20-4/h5-6H,7-8,16H2,1-4H3. The van der Waals surface area contributed by atoms with E-state index in [0.717, 1.165) is 22.4 Å². The van der Waals surface area contributed by atoms with Crippen molar-refractivity contribution in [3.63, 3.8) is 0 Å². The number of hydrogen-bond acceptors (Lipinski definition) is 6. The lowest BCUT2D eigenvalue weighted by Gasteiger charge is -2.21. The molecule has 1 aromatic carbocycles. The molecular weight excluding hydrogens is 272 g/mol. The fourth-order valence-electron chi connectivity index (χ4n) is 2.55. The van der Waals surface area contributed by atoms with Crippen molar-refractivity contribution in [2.24, 2.45) is 10.9 Å². The molecule has 21 heavy (non-hydrogen) atoms. The molecule has 114 valence electrons. The van der Waals surface area contributed by atoms with Crippen LogP contribution in [0.4, 0.5) is 0 Å². The zero-order valence-corrected chi connectivity index (χ0v) is 12.7. The summed E-state index contributed by atoms with van der Waals surface area (Å²) in [4.78, 5) is 17.2. The smallest absolute Gasteiger partial charge is 0.354 e. The zero-order valence-electron chi connectivity index (χ0n) is 12.7. The Bertz CT molecular complexity index is 598. The van der Waals surface area contributed by atoms with Crippen LogP contribution in [0.1, 0.15) is 23.1 Å². The number of esters is 1. The summed E-state index contributed by atoms with van der Waals surface area (Å²) in [7, 11) is 2.91. The van der Waals surface area contributed by atoms with Crippen LogP contribution < -0.4 is 10.5 Å². The van der Waals surface area contributed by atoms with Gasteiger partial charge in [-0.3, -0.25) is 0 Å². The van der Waals surface area contributed by atoms with Crippen molar-refractivity contribution in [3.05, 3.63) is 28.8 Å². The number of ether oxygens (including phenoxy) is 2. The van der Waals surface area contributed by atoms with E-state index in [4.69, 9.17) is 20.0 Å². The quantitative estimate of drug-likeness (QED) is 0.846. The molecule has 0 bridgehead atoms. The van der Waals surface area contributed by atoms with E-state index in [0.29, 0.717) is 5.71 Å². The molecule has 0 aromatic heterocycles. The van der Waals surface area contributed by atoms with Gasteiger partial charge in [0.15, 0.2) is 0 Å². The summed E-state index contributed by atoms with van der Waals surface area (Å²) in [6.45, 7) is 3.95. The summed E-state index contributed by atoms with van der Waals surface area (Å²) >= 11 is 0. The summed E-state index contributed by atoms with van der Waals surface area (Å²) in [5, 5.41) is 4.05. The number of rotatable bonds is 4. The first-order chi connectivity index (χ1) is 9.97. The molecule has 0 saturated heterocycles. The number of carbonyl (C=O) groups excluding carboxylic acids is 1. The van der Waals surface area contributed by atoms with Crippen LogP contribution in [0.2, 0.25) is 0 Å². The van der Waals surface area contributed by atoms with E-state index in [1.807, 2.05) is 26.0 Å². The van der Waals surface area contributed by atoms with Gasteiger partial charge in [0.25, 0.3) is 5.60 Å². The summed E-state index contributed by atoms with van der Waals surface area (Å²) in [6, 6.07) is 3.98. The minimum atomic E-state index is -1.24. The topological polar surface area (TPSA) is 83.1 Å². The van der Waals surface area contributed by atoms with Gasteiger partial charge in [-0.05, 0) is 31.0 Å². The second kappa shape index (κ2) is 5.73. The van der Waals surface area contributed by atoms with E-state index in [1.54, 1.807) is 7.11 Å². The number of benzene rings is 1. The molecule has 1 atom stereocenters. The third kappa shape index (κ3) is 2.58. The van der Waals surface area contributed by atoms with Crippen LogP contribution in [-0.4, -0.2) is 38.0 Å². The largest absolute Gasteiger partial charge is 0.496 e. The van der Waals surface area contributed by atoms with Gasteiger partial charge in [-0.15, -0.1) is 0 Å². The van der Waals surface area contributed by atoms with Crippen molar-refractivity contribution in [1.82, 2.24) is 0 Å². The number of aryl methyl sites for hydroxylation is 2. The maximum atomic E-state index is 11.9. The van der Waals surface area contributed by atoms with Crippen LogP contribution in [-0.2, 0) is 14.4 Å². The van der Waals surface area contributed by atoms with Gasteiger partial charge in [0, 0.05) is 18.5 Å². The summed E-state index contributed by atoms with van der Waals surface area (Å²) in [5.41, 5.74) is 7.97. The SMILES string of the molecule is COC(=O)C1(CN)CC(c2cc(C)cc(C)c2OC)=NO1. The van der Waals surface area contributed by atoms with E-state index in [2.05, 4.69) is 5.16 Å². The normalized spacial score (nSPS) is 20.7. The second-order valence-corrected chi connectivity index (χ2v) is 5.16. The number of hydrogen-bond donors (Lipinski definition) is 1. The van der Waals surface area contributed by atoms with E-state index in [9.17, 15) is 4.79 Å². The lowest BCUT2D eigenvalue weighted by Crippen LogP contribution is -2.46. The highest BCUT2D eigenvalue weighted by Gasteiger charge is 2.47. The monoisotopic (exact) mass is 292 g/mol. The molecule has 0 radical (unpaired) electrons. The molecule has 0 amide bonds. The van der Waals surface area contributed by atoms with Crippen LogP contribution in [0.3, 0.4) is 0 Å². The first-order valence-electron chi connectivity index (χ1n) is 6.66. The highest BCUT2D eigenvalue weighted by molar-refractivity contribution is 6.07. The van der Waals surface area contributed by atoms with Crippen LogP contribution in [0.15, 0.2) is 17.3 Å². The predicted octanol–water partition coefficient (Wildman–Crippen LogP) is 1.31. The molecule has 0 saturated carbocycles. The van der Waals surface area contributed by atoms with E-state index in [-0.39, 0.29) is 13.0 Å². The summed E-state index contributed by atoms with van der Waals surface area (Å²) in [6.07, 6.45) is 0.259. The van der Waals surface area contributed by atoms with Crippen molar-refractivity contribution in [2.45, 2.75) is 25.9 Å². The average Bonchev–Trinajstić information content (AvgIpc) is 2.91. The van der Waals surface area contributed by atoms with Crippen LogP contribution >= 0.6 is 0 Å². The molecule has 1 unspecified atom stereocenters. The maximum Gasteiger partial charge on any atom is 0.354 e. The number of carbonyl (C=O) groups is 1. The Kier molecular flexibility index (Phi) is 4.18. The van der Waals surface area contributed by atoms with Gasteiger partial charge in [-0.25, -0.2) is 4.79 Å². The molecule has 2 N–H and O–H groups in total. The predicted molar refractivity (Wildman–Crippen MR) is 78.5 cm³/mol. The molecular formula is C15H20N2O4. The van der Waals surface area contributed by atoms with Gasteiger partial charge in [0.05, 0.1) is 19.9 Å². The van der Waals surface area contributed by atoms with E-state index < -0.39 is 11.6 Å². The first-order valence-corrected chi connectivity index (χ1v) is 6.66. The van der Waals surface area contributed by atoms with Gasteiger partial charge in [-0.1, -0.05) is 11.2 Å². The maximum absolute atomic E-state index is 11.9. The Morgan fingerprint density at radius 2 is 2.14 bits per heavy atom. The van der Waals surface area contributed by atoms with Crippen molar-refractivity contribution in [1.29, 1.82) is 0 Å². The van der Waals surface area contributed by atoms with Crippen LogP contribution in [0, 0.1) is 13.8 Å². The van der Waals surface area contributed by atoms with Crippen molar-refractivity contribution in [3.8, 4) is 5.75 Å².